The highest BCUT2D eigenvalue weighted by molar-refractivity contribution is 9.10. The van der Waals surface area contributed by atoms with Crippen LogP contribution in [0.2, 0.25) is 0 Å². The Morgan fingerprint density at radius 2 is 2.03 bits per heavy atom. The van der Waals surface area contributed by atoms with Crippen LogP contribution in [0.4, 0.5) is 4.79 Å². The van der Waals surface area contributed by atoms with E-state index >= 15 is 0 Å². The number of ether oxygens (including phenoxy) is 2. The molecule has 1 aromatic heterocycles. The highest BCUT2D eigenvalue weighted by atomic mass is 79.9. The molecule has 5 rings (SSSR count). The first-order valence-electron chi connectivity index (χ1n) is 11.0. The molecule has 3 atom stereocenters. The van der Waals surface area contributed by atoms with Gasteiger partial charge >= 0.3 is 6.09 Å². The number of aromatic amines is 1. The monoisotopic (exact) mass is 543 g/mol. The predicted octanol–water partition coefficient (Wildman–Crippen LogP) is 2.86. The lowest BCUT2D eigenvalue weighted by atomic mass is 9.72. The quantitative estimate of drug-likeness (QED) is 0.560. The van der Waals surface area contributed by atoms with Crippen molar-refractivity contribution in [1.29, 1.82) is 0 Å². The Bertz CT molecular complexity index is 1110. The van der Waals surface area contributed by atoms with E-state index in [0.717, 1.165) is 24.0 Å². The molecule has 182 valence electrons. The third-order valence-electron chi connectivity index (χ3n) is 6.60. The standard InChI is InChI=1S/C21H26BrN3O3.CH4O3S/c1-24-11-13(12-28-21(26)25-5-7-27-8-6-25)9-15-14-3-2-4-17-19(14)16(10-18(15)24)20(22)23-17;1-5(2,3)4/h2-4,13,15,18,23H,5-12H2,1H3;1H3,(H,2,3,4)/t13-,15-,18-;/m1./s1. The van der Waals surface area contributed by atoms with Gasteiger partial charge in [-0.05, 0) is 53.0 Å². The number of fused-ring (bicyclic) bond motifs is 2. The minimum atomic E-state index is -3.67. The van der Waals surface area contributed by atoms with Gasteiger partial charge in [0.15, 0.2) is 0 Å². The lowest BCUT2D eigenvalue weighted by molar-refractivity contribution is 0.0132. The first kappa shape index (κ1) is 24.5. The van der Waals surface area contributed by atoms with Crippen LogP contribution < -0.4 is 0 Å². The second-order valence-electron chi connectivity index (χ2n) is 9.02. The molecule has 1 aromatic carbocycles. The summed E-state index contributed by atoms with van der Waals surface area (Å²) in [6, 6.07) is 7.08. The molecule has 33 heavy (non-hydrogen) atoms. The van der Waals surface area contributed by atoms with Crippen LogP contribution in [0.15, 0.2) is 22.8 Å². The molecule has 2 fully saturated rings. The summed E-state index contributed by atoms with van der Waals surface area (Å²) in [5.74, 6) is 0.833. The van der Waals surface area contributed by atoms with Gasteiger partial charge in [-0.25, -0.2) is 4.79 Å². The van der Waals surface area contributed by atoms with E-state index in [2.05, 4.69) is 51.1 Å². The van der Waals surface area contributed by atoms with Crippen molar-refractivity contribution in [3.63, 3.8) is 0 Å². The van der Waals surface area contributed by atoms with Crippen LogP contribution in [0.3, 0.4) is 0 Å². The maximum absolute atomic E-state index is 12.4. The fourth-order valence-corrected chi connectivity index (χ4v) is 5.82. The number of amides is 1. The van der Waals surface area contributed by atoms with E-state index in [1.165, 1.54) is 22.0 Å². The molecule has 11 heteroatoms. The Balaban J connectivity index is 0.000000471. The van der Waals surface area contributed by atoms with Gasteiger partial charge < -0.3 is 24.3 Å². The molecule has 0 unspecified atom stereocenters. The summed E-state index contributed by atoms with van der Waals surface area (Å²) in [4.78, 5) is 20.0. The van der Waals surface area contributed by atoms with Crippen molar-refractivity contribution in [2.75, 3.05) is 52.8 Å². The Hall–Kier alpha value is -1.66. The minimum Gasteiger partial charge on any atom is -0.449 e. The molecule has 0 spiro atoms. The van der Waals surface area contributed by atoms with Gasteiger partial charge in [-0.1, -0.05) is 12.1 Å². The number of rotatable bonds is 2. The maximum Gasteiger partial charge on any atom is 0.409 e. The molecule has 0 bridgehead atoms. The molecule has 0 saturated carbocycles. The lowest BCUT2D eigenvalue weighted by Gasteiger charge is -2.45. The zero-order valence-electron chi connectivity index (χ0n) is 18.8. The highest BCUT2D eigenvalue weighted by Crippen LogP contribution is 2.46. The average Bonchev–Trinajstić information content (AvgIpc) is 3.08. The summed E-state index contributed by atoms with van der Waals surface area (Å²) in [5, 5.41) is 1.38. The summed E-state index contributed by atoms with van der Waals surface area (Å²) in [7, 11) is -1.46. The van der Waals surface area contributed by atoms with E-state index in [4.69, 9.17) is 14.0 Å². The van der Waals surface area contributed by atoms with Gasteiger partial charge in [0, 0.05) is 48.4 Å². The number of likely N-dealkylation sites (tertiary alicyclic amines) is 1. The summed E-state index contributed by atoms with van der Waals surface area (Å²) < 4.78 is 38.0. The molecular weight excluding hydrogens is 514 g/mol. The number of likely N-dealkylation sites (N-methyl/N-ethyl adjacent to an activating group) is 1. The van der Waals surface area contributed by atoms with Crippen molar-refractivity contribution in [1.82, 2.24) is 14.8 Å². The zero-order valence-corrected chi connectivity index (χ0v) is 21.2. The molecule has 3 aliphatic rings. The Morgan fingerprint density at radius 1 is 1.33 bits per heavy atom. The number of halogens is 1. The zero-order chi connectivity index (χ0) is 23.8. The Morgan fingerprint density at radius 3 is 2.73 bits per heavy atom. The number of piperidine rings is 1. The third kappa shape index (κ3) is 5.71. The molecular formula is C22H30BrN3O6S. The second kappa shape index (κ2) is 9.91. The topological polar surface area (TPSA) is 112 Å². The normalized spacial score (nSPS) is 25.2. The first-order valence-corrected chi connectivity index (χ1v) is 13.7. The summed E-state index contributed by atoms with van der Waals surface area (Å²) in [6.07, 6.45) is 2.63. The Labute approximate surface area is 202 Å². The minimum absolute atomic E-state index is 0.198. The van der Waals surface area contributed by atoms with Gasteiger partial charge in [0.2, 0.25) is 0 Å². The maximum atomic E-state index is 12.4. The van der Waals surface area contributed by atoms with E-state index in [0.29, 0.717) is 57.0 Å². The number of nitrogens with one attached hydrogen (secondary N) is 1. The number of carbonyl (C=O) groups excluding carboxylic acids is 1. The smallest absolute Gasteiger partial charge is 0.409 e. The van der Waals surface area contributed by atoms with E-state index < -0.39 is 10.1 Å². The number of benzene rings is 1. The highest BCUT2D eigenvalue weighted by Gasteiger charge is 2.40. The number of aromatic nitrogens is 1. The first-order chi connectivity index (χ1) is 15.6. The van der Waals surface area contributed by atoms with Gasteiger partial charge in [0.1, 0.15) is 0 Å². The van der Waals surface area contributed by atoms with Crippen molar-refractivity contribution >= 4 is 43.0 Å². The van der Waals surface area contributed by atoms with Crippen molar-refractivity contribution in [2.45, 2.75) is 24.8 Å². The van der Waals surface area contributed by atoms with Crippen LogP contribution in [0.5, 0.6) is 0 Å². The molecule has 0 radical (unpaired) electrons. The molecule has 2 N–H and O–H groups in total. The third-order valence-corrected chi connectivity index (χ3v) is 7.27. The largest absolute Gasteiger partial charge is 0.449 e. The molecule has 9 nitrogen and oxygen atoms in total. The Kier molecular flexibility index (Phi) is 7.35. The number of H-pyrrole nitrogens is 1. The van der Waals surface area contributed by atoms with Crippen molar-refractivity contribution in [3.05, 3.63) is 33.9 Å². The van der Waals surface area contributed by atoms with Crippen molar-refractivity contribution in [2.24, 2.45) is 5.92 Å². The molecule has 2 aromatic rings. The van der Waals surface area contributed by atoms with Crippen molar-refractivity contribution < 1.29 is 27.2 Å². The number of nitrogens with zero attached hydrogens (tertiary/aromatic N) is 2. The molecule has 2 aliphatic heterocycles. The van der Waals surface area contributed by atoms with Crippen LogP contribution in [0, 0.1) is 5.92 Å². The number of morpholine rings is 1. The molecule has 2 saturated heterocycles. The second-order valence-corrected chi connectivity index (χ2v) is 11.3. The summed E-state index contributed by atoms with van der Waals surface area (Å²) in [6.45, 7) is 3.91. The van der Waals surface area contributed by atoms with E-state index in [-0.39, 0.29) is 6.09 Å². The number of hydrogen-bond donors (Lipinski definition) is 2. The van der Waals surface area contributed by atoms with Gasteiger partial charge in [-0.2, -0.15) is 8.42 Å². The molecule has 3 heterocycles. The average molecular weight is 544 g/mol. The van der Waals surface area contributed by atoms with Crippen LogP contribution in [0.1, 0.15) is 23.5 Å². The molecule has 1 aliphatic carbocycles. The van der Waals surface area contributed by atoms with Crippen LogP contribution in [0.25, 0.3) is 10.9 Å². The summed E-state index contributed by atoms with van der Waals surface area (Å²) >= 11 is 3.72. The number of hydrogen-bond acceptors (Lipinski definition) is 6. The lowest BCUT2D eigenvalue weighted by Crippen LogP contribution is -2.49. The van der Waals surface area contributed by atoms with E-state index in [1.54, 1.807) is 4.90 Å². The van der Waals surface area contributed by atoms with Crippen molar-refractivity contribution in [3.8, 4) is 0 Å². The molecule has 1 amide bonds. The fourth-order valence-electron chi connectivity index (χ4n) is 5.24. The van der Waals surface area contributed by atoms with E-state index in [9.17, 15) is 13.2 Å². The van der Waals surface area contributed by atoms with Gasteiger partial charge in [0.25, 0.3) is 10.1 Å². The van der Waals surface area contributed by atoms with E-state index in [1.807, 2.05) is 0 Å². The van der Waals surface area contributed by atoms with Crippen LogP contribution in [-0.4, -0.2) is 92.6 Å². The van der Waals surface area contributed by atoms with Crippen LogP contribution >= 0.6 is 15.9 Å². The number of carbonyl (C=O) groups is 1. The van der Waals surface area contributed by atoms with Crippen LogP contribution in [-0.2, 0) is 26.0 Å². The summed E-state index contributed by atoms with van der Waals surface area (Å²) in [5.41, 5.74) is 4.04. The fraction of sp³-hybridized carbons (Fsp3) is 0.591. The van der Waals surface area contributed by atoms with Gasteiger partial charge in [0.05, 0.1) is 30.7 Å². The van der Waals surface area contributed by atoms with Gasteiger partial charge in [-0.3, -0.25) is 4.55 Å². The van der Waals surface area contributed by atoms with Gasteiger partial charge in [-0.15, -0.1) is 0 Å². The SMILES string of the molecule is CN1C[C@H](COC(=O)N2CCOCC2)C[C@@H]2c3cccc4[nH]c(Br)c(c34)C[C@H]21.CS(=O)(=O)O. The predicted molar refractivity (Wildman–Crippen MR) is 128 cm³/mol.